The van der Waals surface area contributed by atoms with Crippen molar-refractivity contribution in [3.05, 3.63) is 59.7 Å². The van der Waals surface area contributed by atoms with E-state index in [2.05, 4.69) is 75.1 Å². The van der Waals surface area contributed by atoms with Gasteiger partial charge in [0.1, 0.15) is 0 Å². The SMILES string of the molecule is CCC[CH2][Sn]([CH2]CCC)([CH2]CCC)[c]1c(C#Cc2ccccc2)cccc1OC. The summed E-state index contributed by atoms with van der Waals surface area (Å²) in [6.45, 7) is 6.98. The van der Waals surface area contributed by atoms with Gasteiger partial charge in [-0.1, -0.05) is 0 Å². The van der Waals surface area contributed by atoms with Crippen molar-refractivity contribution in [3.63, 3.8) is 0 Å². The van der Waals surface area contributed by atoms with Gasteiger partial charge in [-0.05, 0) is 0 Å². The predicted molar refractivity (Wildman–Crippen MR) is 130 cm³/mol. The summed E-state index contributed by atoms with van der Waals surface area (Å²) >= 11 is -2.66. The van der Waals surface area contributed by atoms with E-state index in [1.807, 2.05) is 13.2 Å². The second kappa shape index (κ2) is 13.0. The topological polar surface area (TPSA) is 9.23 Å². The molecule has 0 aliphatic heterocycles. The molecule has 2 heteroatoms. The van der Waals surface area contributed by atoms with E-state index in [0.717, 1.165) is 11.3 Å². The Hall–Kier alpha value is -1.40. The van der Waals surface area contributed by atoms with Crippen LogP contribution in [0, 0.1) is 11.8 Å². The number of benzene rings is 2. The molecule has 0 N–H and O–H groups in total. The molecule has 29 heavy (non-hydrogen) atoms. The van der Waals surface area contributed by atoms with E-state index in [9.17, 15) is 0 Å². The number of methoxy groups -OCH3 is 1. The van der Waals surface area contributed by atoms with Gasteiger partial charge in [0.05, 0.1) is 0 Å². The number of ether oxygens (including phenoxy) is 1. The zero-order valence-electron chi connectivity index (χ0n) is 18.9. The van der Waals surface area contributed by atoms with Gasteiger partial charge in [-0.2, -0.15) is 0 Å². The first-order chi connectivity index (χ1) is 14.2. The molecule has 2 aromatic rings. The molecule has 0 saturated heterocycles. The molecule has 0 heterocycles. The molecule has 0 atom stereocenters. The number of hydrogen-bond acceptors (Lipinski definition) is 1. The van der Waals surface area contributed by atoms with Crippen LogP contribution in [-0.4, -0.2) is 25.5 Å². The van der Waals surface area contributed by atoms with E-state index in [-0.39, 0.29) is 0 Å². The van der Waals surface area contributed by atoms with Gasteiger partial charge in [0.25, 0.3) is 0 Å². The third kappa shape index (κ3) is 6.81. The monoisotopic (exact) mass is 498 g/mol. The minimum atomic E-state index is -2.66. The second-order valence-electron chi connectivity index (χ2n) is 8.09. The molecule has 0 amide bonds. The normalized spacial score (nSPS) is 11.0. The maximum atomic E-state index is 5.97. The Kier molecular flexibility index (Phi) is 10.7. The van der Waals surface area contributed by atoms with Crippen molar-refractivity contribution in [3.8, 4) is 17.6 Å². The molecular formula is C27H38OSn. The van der Waals surface area contributed by atoms with E-state index >= 15 is 0 Å². The fourth-order valence-electron chi connectivity index (χ4n) is 4.31. The molecule has 2 rings (SSSR count). The van der Waals surface area contributed by atoms with Crippen LogP contribution in [0.2, 0.25) is 13.3 Å². The molecule has 156 valence electrons. The average Bonchev–Trinajstić information content (AvgIpc) is 2.78. The van der Waals surface area contributed by atoms with Gasteiger partial charge in [-0.15, -0.1) is 0 Å². The summed E-state index contributed by atoms with van der Waals surface area (Å²) in [6.07, 6.45) is 7.85. The Morgan fingerprint density at radius 1 is 0.724 bits per heavy atom. The van der Waals surface area contributed by atoms with Crippen LogP contribution in [0.4, 0.5) is 0 Å². The van der Waals surface area contributed by atoms with Crippen molar-refractivity contribution in [2.24, 2.45) is 0 Å². The van der Waals surface area contributed by atoms with Crippen LogP contribution in [0.25, 0.3) is 0 Å². The first-order valence-electron chi connectivity index (χ1n) is 11.4. The molecule has 1 nitrogen and oxygen atoms in total. The molecule has 0 aliphatic carbocycles. The standard InChI is InChI=1S/C15H11O.3C4H9.Sn/c1-16-15-9-5-8-14(12-15)11-10-13-6-3-2-4-7-13;3*1-3-4-2;/h2-9H,1H3;3*1,3-4H2,2H3;. The minimum absolute atomic E-state index is 1.08. The van der Waals surface area contributed by atoms with E-state index in [0.29, 0.717) is 0 Å². The summed E-state index contributed by atoms with van der Waals surface area (Å²) in [5, 5.41) is 0. The van der Waals surface area contributed by atoms with Crippen molar-refractivity contribution in [2.75, 3.05) is 7.11 Å². The van der Waals surface area contributed by atoms with Crippen LogP contribution < -0.4 is 8.32 Å². The Morgan fingerprint density at radius 2 is 1.31 bits per heavy atom. The van der Waals surface area contributed by atoms with Crippen LogP contribution in [0.3, 0.4) is 0 Å². The van der Waals surface area contributed by atoms with Crippen LogP contribution in [0.5, 0.6) is 5.75 Å². The van der Waals surface area contributed by atoms with Crippen LogP contribution in [-0.2, 0) is 0 Å². The van der Waals surface area contributed by atoms with Crippen LogP contribution >= 0.6 is 0 Å². The Labute approximate surface area is 183 Å². The fraction of sp³-hybridized carbons (Fsp3) is 0.481. The average molecular weight is 497 g/mol. The zero-order valence-corrected chi connectivity index (χ0v) is 21.7. The molecule has 0 spiro atoms. The van der Waals surface area contributed by atoms with Gasteiger partial charge < -0.3 is 0 Å². The van der Waals surface area contributed by atoms with E-state index in [1.165, 1.54) is 57.4 Å². The molecule has 0 bridgehead atoms. The van der Waals surface area contributed by atoms with E-state index < -0.39 is 18.4 Å². The summed E-state index contributed by atoms with van der Waals surface area (Å²) in [7, 11) is 1.84. The molecule has 0 fully saturated rings. The Balaban J connectivity index is 2.61. The van der Waals surface area contributed by atoms with Gasteiger partial charge in [0.15, 0.2) is 0 Å². The number of rotatable bonds is 11. The van der Waals surface area contributed by atoms with Gasteiger partial charge >= 0.3 is 184 Å². The second-order valence-corrected chi connectivity index (χ2v) is 21.1. The Morgan fingerprint density at radius 3 is 1.83 bits per heavy atom. The Bertz CT molecular complexity index is 763. The van der Waals surface area contributed by atoms with E-state index in [4.69, 9.17) is 4.74 Å². The number of unbranched alkanes of at least 4 members (excludes halogenated alkanes) is 3. The van der Waals surface area contributed by atoms with Crippen molar-refractivity contribution >= 4 is 22.0 Å². The summed E-state index contributed by atoms with van der Waals surface area (Å²) in [6, 6.07) is 16.9. The summed E-state index contributed by atoms with van der Waals surface area (Å²) < 4.78 is 11.8. The van der Waals surface area contributed by atoms with Gasteiger partial charge in [0.2, 0.25) is 0 Å². The molecule has 0 aliphatic rings. The summed E-state index contributed by atoms with van der Waals surface area (Å²) in [4.78, 5) is 0. The van der Waals surface area contributed by atoms with Gasteiger partial charge in [-0.25, -0.2) is 0 Å². The maximum absolute atomic E-state index is 5.97. The van der Waals surface area contributed by atoms with Crippen molar-refractivity contribution in [1.82, 2.24) is 0 Å². The van der Waals surface area contributed by atoms with Crippen molar-refractivity contribution in [1.29, 1.82) is 0 Å². The summed E-state index contributed by atoms with van der Waals surface area (Å²) in [5.41, 5.74) is 2.31. The molecule has 2 aromatic carbocycles. The van der Waals surface area contributed by atoms with Crippen LogP contribution in [0.15, 0.2) is 48.5 Å². The van der Waals surface area contributed by atoms with Crippen molar-refractivity contribution < 1.29 is 4.74 Å². The molecule has 0 radical (unpaired) electrons. The molecule has 0 saturated carbocycles. The van der Waals surface area contributed by atoms with Gasteiger partial charge in [-0.3, -0.25) is 0 Å². The number of hydrogen-bond donors (Lipinski definition) is 0. The van der Waals surface area contributed by atoms with Gasteiger partial charge in [0, 0.05) is 0 Å². The van der Waals surface area contributed by atoms with Crippen molar-refractivity contribution in [2.45, 2.75) is 72.6 Å². The quantitative estimate of drug-likeness (QED) is 0.237. The third-order valence-corrected chi connectivity index (χ3v) is 21.6. The first kappa shape index (κ1) is 23.9. The molecular weight excluding hydrogens is 459 g/mol. The third-order valence-electron chi connectivity index (χ3n) is 5.92. The fourth-order valence-corrected chi connectivity index (χ4v) is 21.5. The zero-order chi connectivity index (χ0) is 21.0. The van der Waals surface area contributed by atoms with E-state index in [1.54, 1.807) is 3.58 Å². The van der Waals surface area contributed by atoms with Crippen LogP contribution in [0.1, 0.15) is 70.4 Å². The summed E-state index contributed by atoms with van der Waals surface area (Å²) in [5.74, 6) is 8.08. The predicted octanol–water partition coefficient (Wildman–Crippen LogP) is 7.15. The first-order valence-corrected chi connectivity index (χ1v) is 18.9. The molecule has 0 aromatic heterocycles. The molecule has 0 unspecified atom stereocenters.